The monoisotopic (exact) mass is 249 g/mol. The lowest BCUT2D eigenvalue weighted by Crippen LogP contribution is -2.39. The fourth-order valence-corrected chi connectivity index (χ4v) is 1.96. The molecule has 0 bridgehead atoms. The van der Waals surface area contributed by atoms with Crippen LogP contribution in [0.2, 0.25) is 0 Å². The molecule has 0 saturated carbocycles. The number of carbonyl (C=O) groups is 1. The average Bonchev–Trinajstić information content (AvgIpc) is 2.36. The van der Waals surface area contributed by atoms with E-state index in [2.05, 4.69) is 0 Å². The van der Waals surface area contributed by atoms with E-state index in [9.17, 15) is 14.9 Å². The first kappa shape index (κ1) is 14.4. The summed E-state index contributed by atoms with van der Waals surface area (Å²) >= 11 is 0. The van der Waals surface area contributed by atoms with Crippen LogP contribution in [0.1, 0.15) is 45.1 Å². The normalized spacial score (nSPS) is 13.1. The van der Waals surface area contributed by atoms with Crippen molar-refractivity contribution in [3.05, 3.63) is 46.0 Å². The molecule has 1 aromatic carbocycles. The van der Waals surface area contributed by atoms with Gasteiger partial charge in [-0.2, -0.15) is 0 Å². The van der Waals surface area contributed by atoms with Gasteiger partial charge in [0.25, 0.3) is 0 Å². The van der Waals surface area contributed by atoms with Gasteiger partial charge in [0, 0.05) is 31.6 Å². The SMILES string of the molecule is CCC(=O)C[C@H](c1ccccc1)C(C)(C)[N+](=O)[O-]. The van der Waals surface area contributed by atoms with Crippen molar-refractivity contribution in [2.75, 3.05) is 0 Å². The minimum Gasteiger partial charge on any atom is -0.300 e. The lowest BCUT2D eigenvalue weighted by atomic mass is 9.79. The van der Waals surface area contributed by atoms with Gasteiger partial charge in [0.15, 0.2) is 0 Å². The predicted octanol–water partition coefficient (Wildman–Crippen LogP) is 3.19. The fraction of sp³-hybridized carbons (Fsp3) is 0.500. The third-order valence-corrected chi connectivity index (χ3v) is 3.35. The molecule has 0 spiro atoms. The quantitative estimate of drug-likeness (QED) is 0.574. The number of nitro groups is 1. The van der Waals surface area contributed by atoms with Crippen molar-refractivity contribution >= 4 is 5.78 Å². The molecule has 18 heavy (non-hydrogen) atoms. The van der Waals surface area contributed by atoms with E-state index in [1.54, 1.807) is 20.8 Å². The molecule has 0 fully saturated rings. The molecular formula is C14H19NO3. The smallest absolute Gasteiger partial charge is 0.223 e. The maximum atomic E-state index is 11.6. The summed E-state index contributed by atoms with van der Waals surface area (Å²) in [5.74, 6) is -0.333. The van der Waals surface area contributed by atoms with Gasteiger partial charge >= 0.3 is 0 Å². The molecule has 4 nitrogen and oxygen atoms in total. The van der Waals surface area contributed by atoms with Gasteiger partial charge < -0.3 is 0 Å². The second-order valence-electron chi connectivity index (χ2n) is 4.97. The molecule has 98 valence electrons. The Hall–Kier alpha value is -1.71. The summed E-state index contributed by atoms with van der Waals surface area (Å²) in [6.07, 6.45) is 0.631. The van der Waals surface area contributed by atoms with Crippen LogP contribution < -0.4 is 0 Å². The van der Waals surface area contributed by atoms with E-state index in [0.717, 1.165) is 5.56 Å². The van der Waals surface area contributed by atoms with Crippen molar-refractivity contribution in [3.8, 4) is 0 Å². The highest BCUT2D eigenvalue weighted by molar-refractivity contribution is 5.79. The van der Waals surface area contributed by atoms with Crippen LogP contribution in [0, 0.1) is 10.1 Å². The molecule has 0 radical (unpaired) electrons. The predicted molar refractivity (Wildman–Crippen MR) is 70.2 cm³/mol. The number of nitrogens with zero attached hydrogens (tertiary/aromatic N) is 1. The number of hydrogen-bond donors (Lipinski definition) is 0. The van der Waals surface area contributed by atoms with Gasteiger partial charge in [-0.05, 0) is 5.56 Å². The Morgan fingerprint density at radius 3 is 2.33 bits per heavy atom. The van der Waals surface area contributed by atoms with Crippen LogP contribution in [0.25, 0.3) is 0 Å². The van der Waals surface area contributed by atoms with Crippen molar-refractivity contribution in [1.82, 2.24) is 0 Å². The fourth-order valence-electron chi connectivity index (χ4n) is 1.96. The van der Waals surface area contributed by atoms with E-state index in [4.69, 9.17) is 0 Å². The first-order chi connectivity index (χ1) is 8.39. The third-order valence-electron chi connectivity index (χ3n) is 3.35. The Bertz CT molecular complexity index is 426. The van der Waals surface area contributed by atoms with Gasteiger partial charge in [0.1, 0.15) is 5.78 Å². The highest BCUT2D eigenvalue weighted by atomic mass is 16.6. The Labute approximate surface area is 107 Å². The molecule has 0 aliphatic carbocycles. The van der Waals surface area contributed by atoms with Gasteiger partial charge in [-0.25, -0.2) is 0 Å². The minimum atomic E-state index is -1.15. The summed E-state index contributed by atoms with van der Waals surface area (Å²) in [5, 5.41) is 11.2. The lowest BCUT2D eigenvalue weighted by Gasteiger charge is -2.26. The van der Waals surface area contributed by atoms with Gasteiger partial charge in [-0.1, -0.05) is 37.3 Å². The van der Waals surface area contributed by atoms with Gasteiger partial charge in [0.05, 0.1) is 5.92 Å². The molecule has 0 saturated heterocycles. The first-order valence-corrected chi connectivity index (χ1v) is 6.10. The maximum Gasteiger partial charge on any atom is 0.223 e. The molecule has 4 heteroatoms. The zero-order chi connectivity index (χ0) is 13.8. The first-order valence-electron chi connectivity index (χ1n) is 6.10. The van der Waals surface area contributed by atoms with Crippen LogP contribution in [0.4, 0.5) is 0 Å². The minimum absolute atomic E-state index is 0.0544. The Morgan fingerprint density at radius 2 is 1.89 bits per heavy atom. The van der Waals surface area contributed by atoms with Gasteiger partial charge in [-0.3, -0.25) is 14.9 Å². The number of benzene rings is 1. The van der Waals surface area contributed by atoms with E-state index >= 15 is 0 Å². The second kappa shape index (κ2) is 5.76. The average molecular weight is 249 g/mol. The molecule has 0 unspecified atom stereocenters. The molecule has 0 amide bonds. The molecule has 0 aromatic heterocycles. The van der Waals surface area contributed by atoms with E-state index in [-0.39, 0.29) is 23.0 Å². The summed E-state index contributed by atoms with van der Waals surface area (Å²) in [5.41, 5.74) is -0.298. The number of Topliss-reactive ketones (excluding diaryl/α,β-unsaturated/α-hetero) is 1. The number of hydrogen-bond acceptors (Lipinski definition) is 3. The second-order valence-corrected chi connectivity index (χ2v) is 4.97. The van der Waals surface area contributed by atoms with E-state index in [0.29, 0.717) is 6.42 Å². The summed E-state index contributed by atoms with van der Waals surface area (Å²) < 4.78 is 0. The lowest BCUT2D eigenvalue weighted by molar-refractivity contribution is -0.565. The summed E-state index contributed by atoms with van der Waals surface area (Å²) in [7, 11) is 0. The Balaban J connectivity index is 3.11. The van der Waals surface area contributed by atoms with Crippen LogP contribution in [-0.2, 0) is 4.79 Å². The van der Waals surface area contributed by atoms with Crippen molar-refractivity contribution in [2.24, 2.45) is 0 Å². The van der Waals surface area contributed by atoms with Crippen LogP contribution >= 0.6 is 0 Å². The highest BCUT2D eigenvalue weighted by Crippen LogP contribution is 2.34. The summed E-state index contributed by atoms with van der Waals surface area (Å²) in [6.45, 7) is 4.94. The van der Waals surface area contributed by atoms with E-state index < -0.39 is 5.54 Å². The number of ketones is 1. The Kier molecular flexibility index (Phi) is 4.59. The van der Waals surface area contributed by atoms with Crippen LogP contribution in [0.5, 0.6) is 0 Å². The van der Waals surface area contributed by atoms with Crippen molar-refractivity contribution in [3.63, 3.8) is 0 Å². The molecule has 1 atom stereocenters. The van der Waals surface area contributed by atoms with Crippen LogP contribution in [-0.4, -0.2) is 16.2 Å². The standard InChI is InChI=1S/C14H19NO3/c1-4-12(16)10-13(14(2,3)15(17)18)11-8-6-5-7-9-11/h5-9,13H,4,10H2,1-3H3/t13-/m1/s1. The summed E-state index contributed by atoms with van der Waals surface area (Å²) in [4.78, 5) is 22.5. The summed E-state index contributed by atoms with van der Waals surface area (Å²) in [6, 6.07) is 9.24. The molecule has 0 aliphatic heterocycles. The molecular weight excluding hydrogens is 230 g/mol. The zero-order valence-electron chi connectivity index (χ0n) is 11.1. The number of rotatable bonds is 6. The third kappa shape index (κ3) is 3.15. The number of carbonyl (C=O) groups excluding carboxylic acids is 1. The van der Waals surface area contributed by atoms with Crippen molar-refractivity contribution in [2.45, 2.75) is 45.1 Å². The topological polar surface area (TPSA) is 60.2 Å². The molecule has 1 aromatic rings. The maximum absolute atomic E-state index is 11.6. The van der Waals surface area contributed by atoms with Crippen LogP contribution in [0.3, 0.4) is 0 Å². The van der Waals surface area contributed by atoms with Crippen LogP contribution in [0.15, 0.2) is 30.3 Å². The molecule has 0 aliphatic rings. The van der Waals surface area contributed by atoms with E-state index in [1.165, 1.54) is 0 Å². The van der Waals surface area contributed by atoms with Gasteiger partial charge in [0.2, 0.25) is 5.54 Å². The zero-order valence-corrected chi connectivity index (χ0v) is 11.1. The molecule has 0 N–H and O–H groups in total. The Morgan fingerprint density at radius 1 is 1.33 bits per heavy atom. The van der Waals surface area contributed by atoms with Crippen molar-refractivity contribution < 1.29 is 9.72 Å². The molecule has 1 rings (SSSR count). The van der Waals surface area contributed by atoms with Gasteiger partial charge in [-0.15, -0.1) is 0 Å². The van der Waals surface area contributed by atoms with Crippen molar-refractivity contribution in [1.29, 1.82) is 0 Å². The highest BCUT2D eigenvalue weighted by Gasteiger charge is 2.42. The largest absolute Gasteiger partial charge is 0.300 e. The van der Waals surface area contributed by atoms with E-state index in [1.807, 2.05) is 30.3 Å². The molecule has 0 heterocycles.